The number of halogens is 2. The van der Waals surface area contributed by atoms with Gasteiger partial charge in [0.1, 0.15) is 16.9 Å². The van der Waals surface area contributed by atoms with Gasteiger partial charge in [-0.3, -0.25) is 9.78 Å². The van der Waals surface area contributed by atoms with Gasteiger partial charge in [-0.25, -0.2) is 13.6 Å². The molecule has 4 aromatic rings. The van der Waals surface area contributed by atoms with Crippen LogP contribution >= 0.6 is 0 Å². The van der Waals surface area contributed by atoms with E-state index in [0.717, 1.165) is 0 Å². The Kier molecular flexibility index (Phi) is 5.52. The SMILES string of the molecule is CCn1cc(C(=O)O)c(=O)c2c3ccc(N4CCC(O)(c5ccc(F)cc5)CC4)c(F)c3ncc21. The molecule has 9 heteroatoms. The molecule has 180 valence electrons. The van der Waals surface area contributed by atoms with Gasteiger partial charge in [-0.15, -0.1) is 0 Å². The first-order valence-corrected chi connectivity index (χ1v) is 11.3. The average Bonchev–Trinajstić information content (AvgIpc) is 2.85. The normalized spacial score (nSPS) is 15.6. The van der Waals surface area contributed by atoms with Crippen LogP contribution < -0.4 is 10.3 Å². The van der Waals surface area contributed by atoms with Crippen molar-refractivity contribution in [2.45, 2.75) is 31.9 Å². The summed E-state index contributed by atoms with van der Waals surface area (Å²) in [6.07, 6.45) is 3.32. The van der Waals surface area contributed by atoms with Gasteiger partial charge in [0.25, 0.3) is 0 Å². The third-order valence-electron chi connectivity index (χ3n) is 6.89. The van der Waals surface area contributed by atoms with Crippen LogP contribution in [-0.2, 0) is 12.1 Å². The molecule has 0 saturated carbocycles. The molecular weight excluding hydrogens is 456 g/mol. The molecule has 2 aromatic heterocycles. The summed E-state index contributed by atoms with van der Waals surface area (Å²) >= 11 is 0. The number of rotatable bonds is 4. The molecule has 1 aliphatic rings. The number of aliphatic hydroxyl groups is 1. The Balaban J connectivity index is 1.55. The minimum absolute atomic E-state index is 0.0170. The van der Waals surface area contributed by atoms with Crippen molar-refractivity contribution in [1.29, 1.82) is 0 Å². The summed E-state index contributed by atoms with van der Waals surface area (Å²) in [6.45, 7) is 2.94. The molecule has 5 rings (SSSR count). The summed E-state index contributed by atoms with van der Waals surface area (Å²) in [5, 5.41) is 20.9. The second kappa shape index (κ2) is 8.42. The maximum atomic E-state index is 15.7. The zero-order valence-electron chi connectivity index (χ0n) is 19.0. The van der Waals surface area contributed by atoms with Gasteiger partial charge in [-0.05, 0) is 49.6 Å². The highest BCUT2D eigenvalue weighted by Gasteiger charge is 2.35. The number of aromatic carboxylic acids is 1. The quantitative estimate of drug-likeness (QED) is 0.429. The summed E-state index contributed by atoms with van der Waals surface area (Å²) in [5.74, 6) is -2.34. The highest BCUT2D eigenvalue weighted by molar-refractivity contribution is 6.07. The van der Waals surface area contributed by atoms with Gasteiger partial charge >= 0.3 is 5.97 Å². The molecule has 0 amide bonds. The van der Waals surface area contributed by atoms with Crippen molar-refractivity contribution in [2.24, 2.45) is 0 Å². The fourth-order valence-electron chi connectivity index (χ4n) is 4.91. The molecule has 0 atom stereocenters. The van der Waals surface area contributed by atoms with E-state index in [2.05, 4.69) is 4.98 Å². The zero-order valence-corrected chi connectivity index (χ0v) is 19.0. The zero-order chi connectivity index (χ0) is 24.9. The van der Waals surface area contributed by atoms with Crippen LogP contribution in [0.15, 0.2) is 53.6 Å². The lowest BCUT2D eigenvalue weighted by atomic mass is 9.84. The molecule has 2 N–H and O–H groups in total. The first-order chi connectivity index (χ1) is 16.7. The standard InChI is InChI=1S/C26H23F2N3O4/c1-2-30-14-18(25(33)34)24(32)21-17-7-8-19(22(28)23(17)29-13-20(21)30)31-11-9-26(35,10-12-31)15-3-5-16(27)6-4-15/h3-8,13-14,35H,2,9-12H2,1H3,(H,33,34). The summed E-state index contributed by atoms with van der Waals surface area (Å²) in [4.78, 5) is 30.7. The fraction of sp³-hybridized carbons (Fsp3) is 0.269. The first-order valence-electron chi connectivity index (χ1n) is 11.3. The number of anilines is 1. The van der Waals surface area contributed by atoms with E-state index in [9.17, 15) is 24.2 Å². The summed E-state index contributed by atoms with van der Waals surface area (Å²) in [5.41, 5.74) is -0.875. The largest absolute Gasteiger partial charge is 0.477 e. The van der Waals surface area contributed by atoms with Gasteiger partial charge in [-0.1, -0.05) is 12.1 Å². The number of carboxylic acids is 1. The second-order valence-corrected chi connectivity index (χ2v) is 8.80. The number of aromatic nitrogens is 2. The van der Waals surface area contributed by atoms with E-state index in [1.54, 1.807) is 33.7 Å². The number of pyridine rings is 2. The molecule has 1 fully saturated rings. The third kappa shape index (κ3) is 3.72. The maximum absolute atomic E-state index is 15.7. The number of piperidine rings is 1. The van der Waals surface area contributed by atoms with Crippen molar-refractivity contribution in [3.8, 4) is 0 Å². The molecule has 0 aliphatic carbocycles. The predicted molar refractivity (Wildman–Crippen MR) is 128 cm³/mol. The van der Waals surface area contributed by atoms with Crippen LogP contribution in [0.4, 0.5) is 14.5 Å². The molecular formula is C26H23F2N3O4. The number of nitrogens with zero attached hydrogens (tertiary/aromatic N) is 3. The van der Waals surface area contributed by atoms with Crippen molar-refractivity contribution in [3.63, 3.8) is 0 Å². The van der Waals surface area contributed by atoms with E-state index in [4.69, 9.17) is 0 Å². The lowest BCUT2D eigenvalue weighted by Gasteiger charge is -2.39. The van der Waals surface area contributed by atoms with Gasteiger partial charge in [0, 0.05) is 31.2 Å². The molecule has 0 radical (unpaired) electrons. The summed E-state index contributed by atoms with van der Waals surface area (Å²) in [7, 11) is 0. The van der Waals surface area contributed by atoms with Crippen LogP contribution in [0.1, 0.15) is 35.7 Å². The first kappa shape index (κ1) is 22.9. The number of benzene rings is 2. The van der Waals surface area contributed by atoms with Crippen LogP contribution in [0, 0.1) is 11.6 Å². The third-order valence-corrected chi connectivity index (χ3v) is 6.89. The minimum Gasteiger partial charge on any atom is -0.477 e. The van der Waals surface area contributed by atoms with Gasteiger partial charge in [0.15, 0.2) is 5.82 Å². The lowest BCUT2D eigenvalue weighted by molar-refractivity contribution is 0.0116. The van der Waals surface area contributed by atoms with Crippen molar-refractivity contribution < 1.29 is 23.8 Å². The molecule has 2 aromatic carbocycles. The topological polar surface area (TPSA) is 95.7 Å². The fourth-order valence-corrected chi connectivity index (χ4v) is 4.91. The molecule has 0 spiro atoms. The van der Waals surface area contributed by atoms with E-state index in [-0.39, 0.29) is 33.4 Å². The highest BCUT2D eigenvalue weighted by Crippen LogP contribution is 2.37. The highest BCUT2D eigenvalue weighted by atomic mass is 19.1. The monoisotopic (exact) mass is 479 g/mol. The smallest absolute Gasteiger partial charge is 0.341 e. The van der Waals surface area contributed by atoms with Crippen LogP contribution in [0.25, 0.3) is 21.8 Å². The molecule has 1 saturated heterocycles. The van der Waals surface area contributed by atoms with Crippen LogP contribution in [-0.4, -0.2) is 38.8 Å². The number of hydrogen-bond donors (Lipinski definition) is 2. The molecule has 35 heavy (non-hydrogen) atoms. The Labute approximate surface area is 198 Å². The Bertz CT molecular complexity index is 1520. The Morgan fingerprint density at radius 1 is 1.11 bits per heavy atom. The second-order valence-electron chi connectivity index (χ2n) is 8.80. The summed E-state index contributed by atoms with van der Waals surface area (Å²) in [6, 6.07) is 8.89. The predicted octanol–water partition coefficient (Wildman–Crippen LogP) is 4.03. The van der Waals surface area contributed by atoms with E-state index in [0.29, 0.717) is 43.6 Å². The molecule has 0 bridgehead atoms. The molecule has 7 nitrogen and oxygen atoms in total. The lowest BCUT2D eigenvalue weighted by Crippen LogP contribution is -2.43. The van der Waals surface area contributed by atoms with Gasteiger partial charge in [0.05, 0.1) is 28.4 Å². The van der Waals surface area contributed by atoms with Gasteiger partial charge in [0.2, 0.25) is 5.43 Å². The van der Waals surface area contributed by atoms with Crippen LogP contribution in [0.3, 0.4) is 0 Å². The number of carboxylic acid groups (broad SMARTS) is 1. The van der Waals surface area contributed by atoms with E-state index in [1.165, 1.54) is 24.5 Å². The minimum atomic E-state index is -1.34. The Morgan fingerprint density at radius 3 is 2.43 bits per heavy atom. The average molecular weight is 479 g/mol. The van der Waals surface area contributed by atoms with E-state index < -0.39 is 22.8 Å². The van der Waals surface area contributed by atoms with Crippen molar-refractivity contribution in [2.75, 3.05) is 18.0 Å². The van der Waals surface area contributed by atoms with Crippen LogP contribution in [0.5, 0.6) is 0 Å². The van der Waals surface area contributed by atoms with Crippen molar-refractivity contribution in [3.05, 3.63) is 81.8 Å². The molecule has 1 aliphatic heterocycles. The van der Waals surface area contributed by atoms with Crippen molar-refractivity contribution >= 4 is 33.5 Å². The molecule has 0 unspecified atom stereocenters. The number of carbonyl (C=O) groups is 1. The van der Waals surface area contributed by atoms with E-state index in [1.807, 2.05) is 6.92 Å². The Morgan fingerprint density at radius 2 is 1.80 bits per heavy atom. The van der Waals surface area contributed by atoms with Gasteiger partial charge < -0.3 is 19.7 Å². The van der Waals surface area contributed by atoms with Gasteiger partial charge in [-0.2, -0.15) is 0 Å². The number of fused-ring (bicyclic) bond motifs is 3. The number of aryl methyl sites for hydroxylation is 1. The van der Waals surface area contributed by atoms with Crippen molar-refractivity contribution in [1.82, 2.24) is 9.55 Å². The number of hydrogen-bond acceptors (Lipinski definition) is 5. The van der Waals surface area contributed by atoms with Crippen LogP contribution in [0.2, 0.25) is 0 Å². The maximum Gasteiger partial charge on any atom is 0.341 e. The van der Waals surface area contributed by atoms with E-state index >= 15 is 4.39 Å². The Hall–Kier alpha value is -3.85. The molecule has 3 heterocycles. The summed E-state index contributed by atoms with van der Waals surface area (Å²) < 4.78 is 30.6.